The molecule has 27 heavy (non-hydrogen) atoms. The molecule has 3 heterocycles. The normalized spacial score (nSPS) is 22.8. The fraction of sp³-hybridized carbons (Fsp3) is 0.524. The Morgan fingerprint density at radius 3 is 2.85 bits per heavy atom. The number of hydrogen-bond donors (Lipinski definition) is 0. The van der Waals surface area contributed by atoms with E-state index in [0.717, 1.165) is 61.4 Å². The molecule has 2 aliphatic heterocycles. The molecule has 6 nitrogen and oxygen atoms in total. The van der Waals surface area contributed by atoms with E-state index in [0.29, 0.717) is 13.2 Å². The maximum absolute atomic E-state index is 13.1. The van der Waals surface area contributed by atoms with E-state index in [4.69, 9.17) is 14.5 Å². The monoisotopic (exact) mass is 369 g/mol. The third kappa shape index (κ3) is 3.23. The van der Waals surface area contributed by atoms with Crippen LogP contribution in [0.3, 0.4) is 0 Å². The maximum atomic E-state index is 13.1. The van der Waals surface area contributed by atoms with Gasteiger partial charge in [-0.15, -0.1) is 0 Å². The lowest BCUT2D eigenvalue weighted by molar-refractivity contribution is -0.145. The van der Waals surface area contributed by atoms with Crippen LogP contribution in [0.15, 0.2) is 30.3 Å². The van der Waals surface area contributed by atoms with Gasteiger partial charge in [-0.25, -0.2) is 4.98 Å². The number of carbonyl (C=O) groups is 1. The molecule has 1 amide bonds. The number of anilines is 1. The van der Waals surface area contributed by atoms with Crippen molar-refractivity contribution in [3.05, 3.63) is 30.3 Å². The third-order valence-corrected chi connectivity index (χ3v) is 5.96. The van der Waals surface area contributed by atoms with Gasteiger partial charge in [-0.05, 0) is 37.5 Å². The molecular formula is C21H27N3O3. The summed E-state index contributed by atoms with van der Waals surface area (Å²) < 4.78 is 10.6. The summed E-state index contributed by atoms with van der Waals surface area (Å²) in [4.78, 5) is 22.2. The zero-order valence-corrected chi connectivity index (χ0v) is 16.1. The summed E-state index contributed by atoms with van der Waals surface area (Å²) in [6, 6.07) is 10.1. The standard InChI is InChI=1S/C21H27N3O3/c1-26-14-13-23-11-4-9-21(20(23)25)10-12-24(15-21)18-8-7-16-5-3-6-17(27-2)19(16)22-18/h3,5-8H,4,9-15H2,1-2H3/t21-/m1/s1. The first-order valence-electron chi connectivity index (χ1n) is 9.64. The molecule has 2 aliphatic rings. The number of aromatic nitrogens is 1. The summed E-state index contributed by atoms with van der Waals surface area (Å²) in [5.74, 6) is 1.99. The molecule has 2 saturated heterocycles. The van der Waals surface area contributed by atoms with Crippen LogP contribution in [0.25, 0.3) is 10.9 Å². The Kier molecular flexibility index (Phi) is 4.91. The summed E-state index contributed by atoms with van der Waals surface area (Å²) in [6.07, 6.45) is 2.91. The molecule has 0 N–H and O–H groups in total. The number of amides is 1. The van der Waals surface area contributed by atoms with Crippen LogP contribution >= 0.6 is 0 Å². The van der Waals surface area contributed by atoms with Crippen molar-refractivity contribution in [3.63, 3.8) is 0 Å². The SMILES string of the molecule is COCCN1CCC[C@]2(CCN(c3ccc4cccc(OC)c4n3)C2)C1=O. The number of benzene rings is 1. The fourth-order valence-electron chi connectivity index (χ4n) is 4.46. The zero-order valence-electron chi connectivity index (χ0n) is 16.1. The summed E-state index contributed by atoms with van der Waals surface area (Å²) in [5.41, 5.74) is 0.596. The minimum atomic E-state index is -0.274. The summed E-state index contributed by atoms with van der Waals surface area (Å²) >= 11 is 0. The van der Waals surface area contributed by atoms with Crippen LogP contribution in [0.1, 0.15) is 19.3 Å². The van der Waals surface area contributed by atoms with E-state index < -0.39 is 0 Å². The van der Waals surface area contributed by atoms with Crippen LogP contribution in [0, 0.1) is 5.41 Å². The Hall–Kier alpha value is -2.34. The average Bonchev–Trinajstić information content (AvgIpc) is 3.13. The number of rotatable bonds is 5. The highest BCUT2D eigenvalue weighted by atomic mass is 16.5. The number of likely N-dealkylation sites (tertiary alicyclic amines) is 1. The molecule has 0 radical (unpaired) electrons. The molecule has 144 valence electrons. The maximum Gasteiger partial charge on any atom is 0.230 e. The molecule has 0 saturated carbocycles. The van der Waals surface area contributed by atoms with Gasteiger partial charge in [-0.1, -0.05) is 12.1 Å². The molecule has 2 aromatic rings. The second kappa shape index (κ2) is 7.35. The Labute approximate surface area is 160 Å². The third-order valence-electron chi connectivity index (χ3n) is 5.96. The largest absolute Gasteiger partial charge is 0.494 e. The predicted octanol–water partition coefficient (Wildman–Crippen LogP) is 2.71. The zero-order chi connectivity index (χ0) is 18.9. The van der Waals surface area contributed by atoms with Crippen molar-refractivity contribution in [2.24, 2.45) is 5.41 Å². The first-order valence-corrected chi connectivity index (χ1v) is 9.64. The van der Waals surface area contributed by atoms with Crippen LogP contribution in [-0.4, -0.2) is 62.8 Å². The van der Waals surface area contributed by atoms with Crippen molar-refractivity contribution in [1.29, 1.82) is 0 Å². The van der Waals surface area contributed by atoms with Crippen LogP contribution in [0.2, 0.25) is 0 Å². The lowest BCUT2D eigenvalue weighted by Crippen LogP contribution is -2.51. The summed E-state index contributed by atoms with van der Waals surface area (Å²) in [7, 11) is 3.35. The number of nitrogens with zero attached hydrogens (tertiary/aromatic N) is 3. The second-order valence-corrected chi connectivity index (χ2v) is 7.54. The van der Waals surface area contributed by atoms with Crippen LogP contribution in [0.4, 0.5) is 5.82 Å². The Morgan fingerprint density at radius 1 is 1.15 bits per heavy atom. The van der Waals surface area contributed by atoms with Crippen molar-refractivity contribution in [1.82, 2.24) is 9.88 Å². The highest BCUT2D eigenvalue weighted by Crippen LogP contribution is 2.41. The van der Waals surface area contributed by atoms with Gasteiger partial charge in [-0.2, -0.15) is 0 Å². The molecule has 2 fully saturated rings. The quantitative estimate of drug-likeness (QED) is 0.811. The highest BCUT2D eigenvalue weighted by Gasteiger charge is 2.48. The van der Waals surface area contributed by atoms with E-state index in [-0.39, 0.29) is 11.3 Å². The van der Waals surface area contributed by atoms with Crippen LogP contribution < -0.4 is 9.64 Å². The van der Waals surface area contributed by atoms with Gasteiger partial charge in [0.1, 0.15) is 17.1 Å². The minimum Gasteiger partial charge on any atom is -0.494 e. The van der Waals surface area contributed by atoms with E-state index in [1.165, 1.54) is 0 Å². The van der Waals surface area contributed by atoms with E-state index in [1.807, 2.05) is 23.1 Å². The topological polar surface area (TPSA) is 54.9 Å². The lowest BCUT2D eigenvalue weighted by Gasteiger charge is -2.39. The van der Waals surface area contributed by atoms with Crippen molar-refractivity contribution in [3.8, 4) is 5.75 Å². The van der Waals surface area contributed by atoms with Crippen molar-refractivity contribution < 1.29 is 14.3 Å². The van der Waals surface area contributed by atoms with Crippen LogP contribution in [0.5, 0.6) is 5.75 Å². The van der Waals surface area contributed by atoms with E-state index in [2.05, 4.69) is 17.0 Å². The first kappa shape index (κ1) is 18.0. The number of pyridine rings is 1. The Balaban J connectivity index is 1.57. The number of fused-ring (bicyclic) bond motifs is 1. The smallest absolute Gasteiger partial charge is 0.230 e. The number of hydrogen-bond acceptors (Lipinski definition) is 5. The van der Waals surface area contributed by atoms with Gasteiger partial charge in [-0.3, -0.25) is 4.79 Å². The lowest BCUT2D eigenvalue weighted by atomic mass is 9.78. The molecule has 1 aromatic carbocycles. The Morgan fingerprint density at radius 2 is 2.04 bits per heavy atom. The van der Waals surface area contributed by atoms with Gasteiger partial charge < -0.3 is 19.3 Å². The first-order chi connectivity index (χ1) is 13.2. The molecule has 0 bridgehead atoms. The number of methoxy groups -OCH3 is 2. The number of ether oxygens (including phenoxy) is 2. The van der Waals surface area contributed by atoms with Gasteiger partial charge in [0.05, 0.1) is 19.1 Å². The van der Waals surface area contributed by atoms with Gasteiger partial charge in [0.15, 0.2) is 0 Å². The van der Waals surface area contributed by atoms with E-state index >= 15 is 0 Å². The number of para-hydroxylation sites is 1. The predicted molar refractivity (Wildman–Crippen MR) is 105 cm³/mol. The molecule has 0 aliphatic carbocycles. The number of carbonyl (C=O) groups excluding carboxylic acids is 1. The molecular weight excluding hydrogens is 342 g/mol. The molecule has 1 atom stereocenters. The molecule has 1 aromatic heterocycles. The fourth-order valence-corrected chi connectivity index (χ4v) is 4.46. The van der Waals surface area contributed by atoms with E-state index in [9.17, 15) is 4.79 Å². The van der Waals surface area contributed by atoms with Crippen molar-refractivity contribution in [2.45, 2.75) is 19.3 Å². The number of piperidine rings is 1. The average molecular weight is 369 g/mol. The van der Waals surface area contributed by atoms with Crippen LogP contribution in [-0.2, 0) is 9.53 Å². The summed E-state index contributed by atoms with van der Waals surface area (Å²) in [6.45, 7) is 3.72. The highest BCUT2D eigenvalue weighted by molar-refractivity contribution is 5.87. The Bertz CT molecular complexity index is 841. The van der Waals surface area contributed by atoms with Gasteiger partial charge in [0.2, 0.25) is 5.91 Å². The van der Waals surface area contributed by atoms with Gasteiger partial charge in [0, 0.05) is 38.7 Å². The molecule has 1 spiro atoms. The molecule has 4 rings (SSSR count). The minimum absolute atomic E-state index is 0.274. The van der Waals surface area contributed by atoms with Crippen molar-refractivity contribution in [2.75, 3.05) is 51.9 Å². The molecule has 0 unspecified atom stereocenters. The van der Waals surface area contributed by atoms with Gasteiger partial charge >= 0.3 is 0 Å². The molecule has 6 heteroatoms. The van der Waals surface area contributed by atoms with Crippen molar-refractivity contribution >= 4 is 22.6 Å². The summed E-state index contributed by atoms with van der Waals surface area (Å²) in [5, 5.41) is 1.06. The van der Waals surface area contributed by atoms with E-state index in [1.54, 1.807) is 14.2 Å². The second-order valence-electron chi connectivity index (χ2n) is 7.54. The van der Waals surface area contributed by atoms with Gasteiger partial charge in [0.25, 0.3) is 0 Å².